The number of benzene rings is 1. The third-order valence-electron chi connectivity index (χ3n) is 4.01. The fourth-order valence-corrected chi connectivity index (χ4v) is 2.64. The van der Waals surface area contributed by atoms with Crippen LogP contribution < -0.4 is 5.73 Å². The quantitative estimate of drug-likeness (QED) is 0.913. The van der Waals surface area contributed by atoms with E-state index in [2.05, 4.69) is 0 Å². The van der Waals surface area contributed by atoms with Crippen molar-refractivity contribution in [2.45, 2.75) is 32.0 Å². The lowest BCUT2D eigenvalue weighted by Crippen LogP contribution is -2.42. The maximum atomic E-state index is 12.7. The molecular formula is C15H19F3N2O. The Kier molecular flexibility index (Phi) is 4.56. The molecule has 1 aliphatic heterocycles. The molecule has 3 nitrogen and oxygen atoms in total. The summed E-state index contributed by atoms with van der Waals surface area (Å²) in [6, 6.07) is 4.66. The largest absolute Gasteiger partial charge is 0.416 e. The van der Waals surface area contributed by atoms with Gasteiger partial charge in [0, 0.05) is 24.7 Å². The Morgan fingerprint density at radius 2 is 1.95 bits per heavy atom. The molecule has 1 amide bonds. The molecule has 2 N–H and O–H groups in total. The smallest absolute Gasteiger partial charge is 0.339 e. The number of alkyl halides is 3. The van der Waals surface area contributed by atoms with Crippen molar-refractivity contribution in [1.82, 2.24) is 4.90 Å². The summed E-state index contributed by atoms with van der Waals surface area (Å²) >= 11 is 0. The summed E-state index contributed by atoms with van der Waals surface area (Å²) in [6.07, 6.45) is -2.84. The van der Waals surface area contributed by atoms with Crippen LogP contribution in [0.1, 0.15) is 35.7 Å². The van der Waals surface area contributed by atoms with Crippen LogP contribution in [0, 0.1) is 5.92 Å². The average molecular weight is 300 g/mol. The highest BCUT2D eigenvalue weighted by atomic mass is 19.4. The van der Waals surface area contributed by atoms with Gasteiger partial charge in [-0.3, -0.25) is 4.79 Å². The topological polar surface area (TPSA) is 46.3 Å². The Morgan fingerprint density at radius 3 is 2.48 bits per heavy atom. The molecule has 0 bridgehead atoms. The molecule has 6 heteroatoms. The zero-order valence-electron chi connectivity index (χ0n) is 11.9. The second kappa shape index (κ2) is 6.05. The lowest BCUT2D eigenvalue weighted by molar-refractivity contribution is -0.137. The molecule has 1 fully saturated rings. The van der Waals surface area contributed by atoms with Crippen LogP contribution in [-0.4, -0.2) is 29.9 Å². The van der Waals surface area contributed by atoms with Gasteiger partial charge in [-0.05, 0) is 43.9 Å². The summed E-state index contributed by atoms with van der Waals surface area (Å²) in [6.45, 7) is 3.03. The van der Waals surface area contributed by atoms with Crippen LogP contribution in [0.5, 0.6) is 0 Å². The lowest BCUT2D eigenvalue weighted by atomic mass is 9.90. The van der Waals surface area contributed by atoms with Gasteiger partial charge in [-0.2, -0.15) is 13.2 Å². The minimum Gasteiger partial charge on any atom is -0.339 e. The number of rotatable bonds is 2. The number of hydrogen-bond acceptors (Lipinski definition) is 2. The van der Waals surface area contributed by atoms with Gasteiger partial charge in [-0.15, -0.1) is 0 Å². The van der Waals surface area contributed by atoms with E-state index >= 15 is 0 Å². The molecule has 1 saturated heterocycles. The minimum absolute atomic E-state index is 0.0795. The highest BCUT2D eigenvalue weighted by Gasteiger charge is 2.32. The number of likely N-dealkylation sites (tertiary alicyclic amines) is 1. The van der Waals surface area contributed by atoms with Crippen molar-refractivity contribution >= 4 is 5.91 Å². The second-order valence-electron chi connectivity index (χ2n) is 5.57. The van der Waals surface area contributed by atoms with Crippen molar-refractivity contribution in [1.29, 1.82) is 0 Å². The van der Waals surface area contributed by atoms with E-state index in [4.69, 9.17) is 5.73 Å². The number of carbonyl (C=O) groups is 1. The standard InChI is InChI=1S/C15H19F3N2O/c1-10(19)11-5-7-20(8-6-11)14(21)12-3-2-4-13(9-12)15(16,17)18/h2-4,9-11H,5-8,19H2,1H3. The predicted octanol–water partition coefficient (Wildman–Crippen LogP) is 2.90. The van der Waals surface area contributed by atoms with Gasteiger partial charge in [-0.1, -0.05) is 6.07 Å². The first-order valence-corrected chi connectivity index (χ1v) is 7.01. The Bertz CT molecular complexity index is 506. The molecule has 1 atom stereocenters. The molecule has 0 aromatic heterocycles. The molecule has 0 aliphatic carbocycles. The summed E-state index contributed by atoms with van der Waals surface area (Å²) in [7, 11) is 0. The number of hydrogen-bond donors (Lipinski definition) is 1. The first-order valence-electron chi connectivity index (χ1n) is 7.01. The molecule has 0 spiro atoms. The van der Waals surface area contributed by atoms with E-state index in [1.165, 1.54) is 12.1 Å². The van der Waals surface area contributed by atoms with Crippen LogP contribution in [-0.2, 0) is 6.18 Å². The fourth-order valence-electron chi connectivity index (χ4n) is 2.64. The van der Waals surface area contributed by atoms with Gasteiger partial charge in [0.05, 0.1) is 5.56 Å². The molecule has 1 aliphatic rings. The van der Waals surface area contributed by atoms with Gasteiger partial charge >= 0.3 is 6.18 Å². The SMILES string of the molecule is CC(N)C1CCN(C(=O)c2cccc(C(F)(F)F)c2)CC1. The highest BCUT2D eigenvalue weighted by molar-refractivity contribution is 5.94. The first kappa shape index (κ1) is 15.8. The molecule has 0 saturated carbocycles. The minimum atomic E-state index is -4.43. The van der Waals surface area contributed by atoms with Gasteiger partial charge in [0.15, 0.2) is 0 Å². The first-order chi connectivity index (χ1) is 9.79. The predicted molar refractivity (Wildman–Crippen MR) is 73.7 cm³/mol. The second-order valence-corrected chi connectivity index (χ2v) is 5.57. The Balaban J connectivity index is 2.08. The molecule has 2 rings (SSSR count). The lowest BCUT2D eigenvalue weighted by Gasteiger charge is -2.33. The third-order valence-corrected chi connectivity index (χ3v) is 4.01. The van der Waals surface area contributed by atoms with Gasteiger partial charge in [0.25, 0.3) is 5.91 Å². The number of halogens is 3. The number of nitrogens with two attached hydrogens (primary N) is 1. The Labute approximate surface area is 121 Å². The fraction of sp³-hybridized carbons (Fsp3) is 0.533. The summed E-state index contributed by atoms with van der Waals surface area (Å²) in [5, 5.41) is 0. The Morgan fingerprint density at radius 1 is 1.33 bits per heavy atom. The number of carbonyl (C=O) groups excluding carboxylic acids is 1. The summed E-state index contributed by atoms with van der Waals surface area (Å²) in [4.78, 5) is 13.9. The maximum absolute atomic E-state index is 12.7. The van der Waals surface area contributed by atoms with Crippen LogP contribution in [0.25, 0.3) is 0 Å². The molecule has 1 aromatic rings. The van der Waals surface area contributed by atoms with Gasteiger partial charge < -0.3 is 10.6 Å². The average Bonchev–Trinajstić information content (AvgIpc) is 2.46. The van der Waals surface area contributed by atoms with Crippen molar-refractivity contribution in [3.8, 4) is 0 Å². The van der Waals surface area contributed by atoms with Crippen LogP contribution in [0.15, 0.2) is 24.3 Å². The van der Waals surface area contributed by atoms with E-state index in [0.29, 0.717) is 19.0 Å². The molecular weight excluding hydrogens is 281 g/mol. The molecule has 1 aromatic carbocycles. The van der Waals surface area contributed by atoms with E-state index in [1.54, 1.807) is 4.90 Å². The highest BCUT2D eigenvalue weighted by Crippen LogP contribution is 2.30. The van der Waals surface area contributed by atoms with Crippen molar-refractivity contribution in [3.63, 3.8) is 0 Å². The van der Waals surface area contributed by atoms with E-state index in [-0.39, 0.29) is 17.5 Å². The van der Waals surface area contributed by atoms with Crippen LogP contribution >= 0.6 is 0 Å². The molecule has 1 unspecified atom stereocenters. The van der Waals surface area contributed by atoms with E-state index in [1.807, 2.05) is 6.92 Å². The van der Waals surface area contributed by atoms with Crippen LogP contribution in [0.4, 0.5) is 13.2 Å². The number of nitrogens with zero attached hydrogens (tertiary/aromatic N) is 1. The zero-order valence-corrected chi connectivity index (χ0v) is 11.9. The Hall–Kier alpha value is -1.56. The molecule has 21 heavy (non-hydrogen) atoms. The van der Waals surface area contributed by atoms with Crippen LogP contribution in [0.2, 0.25) is 0 Å². The molecule has 1 heterocycles. The molecule has 116 valence electrons. The van der Waals surface area contributed by atoms with Crippen molar-refractivity contribution in [3.05, 3.63) is 35.4 Å². The van der Waals surface area contributed by atoms with E-state index in [0.717, 1.165) is 25.0 Å². The number of piperidine rings is 1. The third kappa shape index (κ3) is 3.75. The van der Waals surface area contributed by atoms with E-state index in [9.17, 15) is 18.0 Å². The van der Waals surface area contributed by atoms with Gasteiger partial charge in [-0.25, -0.2) is 0 Å². The summed E-state index contributed by atoms with van der Waals surface area (Å²) in [5.74, 6) is 0.0276. The normalized spacial score (nSPS) is 18.6. The summed E-state index contributed by atoms with van der Waals surface area (Å²) in [5.41, 5.74) is 5.13. The van der Waals surface area contributed by atoms with E-state index < -0.39 is 11.7 Å². The zero-order chi connectivity index (χ0) is 15.6. The number of amides is 1. The maximum Gasteiger partial charge on any atom is 0.416 e. The summed E-state index contributed by atoms with van der Waals surface area (Å²) < 4.78 is 38.0. The van der Waals surface area contributed by atoms with Crippen molar-refractivity contribution < 1.29 is 18.0 Å². The monoisotopic (exact) mass is 300 g/mol. The van der Waals surface area contributed by atoms with Gasteiger partial charge in [0.1, 0.15) is 0 Å². The van der Waals surface area contributed by atoms with Crippen molar-refractivity contribution in [2.75, 3.05) is 13.1 Å². The van der Waals surface area contributed by atoms with Gasteiger partial charge in [0.2, 0.25) is 0 Å². The molecule has 0 radical (unpaired) electrons. The van der Waals surface area contributed by atoms with Crippen molar-refractivity contribution in [2.24, 2.45) is 11.7 Å². The van der Waals surface area contributed by atoms with Crippen LogP contribution in [0.3, 0.4) is 0 Å².